The Morgan fingerprint density at radius 2 is 2.14 bits per heavy atom. The van der Waals surface area contributed by atoms with Gasteiger partial charge in [0.25, 0.3) is 0 Å². The summed E-state index contributed by atoms with van der Waals surface area (Å²) in [5, 5.41) is 0. The van der Waals surface area contributed by atoms with Gasteiger partial charge >= 0.3 is 5.97 Å². The molecule has 5 heteroatoms. The van der Waals surface area contributed by atoms with E-state index in [0.717, 1.165) is 44.4 Å². The van der Waals surface area contributed by atoms with Gasteiger partial charge in [0.2, 0.25) is 0 Å². The smallest absolute Gasteiger partial charge is 0.356 e. The SMILES string of the molecule is CC1CCC(OC(=O)c2cnc(C3(N)CCC3)[nH]2)CC1C. The van der Waals surface area contributed by atoms with Gasteiger partial charge in [-0.15, -0.1) is 0 Å². The van der Waals surface area contributed by atoms with E-state index in [-0.39, 0.29) is 17.6 Å². The molecule has 1 aromatic heterocycles. The molecule has 1 heterocycles. The number of carbonyl (C=O) groups is 1. The summed E-state index contributed by atoms with van der Waals surface area (Å²) in [5.41, 5.74) is 6.27. The number of nitrogens with two attached hydrogens (primary N) is 1. The number of ether oxygens (including phenoxy) is 1. The molecule has 0 saturated heterocycles. The highest BCUT2D eigenvalue weighted by Crippen LogP contribution is 2.37. The number of imidazole rings is 1. The molecule has 3 N–H and O–H groups in total. The van der Waals surface area contributed by atoms with Crippen LogP contribution in [0.4, 0.5) is 0 Å². The van der Waals surface area contributed by atoms with Crippen LogP contribution in [0, 0.1) is 11.8 Å². The first-order valence-corrected chi connectivity index (χ1v) is 8.03. The number of aromatic nitrogens is 2. The average Bonchev–Trinajstić information content (AvgIpc) is 2.90. The molecule has 2 saturated carbocycles. The van der Waals surface area contributed by atoms with Gasteiger partial charge in [-0.2, -0.15) is 0 Å². The molecule has 0 aliphatic heterocycles. The van der Waals surface area contributed by atoms with Crippen LogP contribution >= 0.6 is 0 Å². The largest absolute Gasteiger partial charge is 0.458 e. The molecule has 0 aromatic carbocycles. The Bertz CT molecular complexity index is 521. The summed E-state index contributed by atoms with van der Waals surface area (Å²) in [6, 6.07) is 0. The second kappa shape index (κ2) is 5.44. The summed E-state index contributed by atoms with van der Waals surface area (Å²) in [6.07, 6.45) is 7.59. The van der Waals surface area contributed by atoms with Gasteiger partial charge in [-0.3, -0.25) is 0 Å². The molecule has 2 aliphatic carbocycles. The quantitative estimate of drug-likeness (QED) is 0.839. The third-order valence-corrected chi connectivity index (χ3v) is 5.34. The summed E-state index contributed by atoms with van der Waals surface area (Å²) in [5.74, 6) is 1.74. The number of hydrogen-bond donors (Lipinski definition) is 2. The van der Waals surface area contributed by atoms with Crippen LogP contribution in [0.1, 0.15) is 68.7 Å². The molecule has 3 unspecified atom stereocenters. The van der Waals surface area contributed by atoms with Gasteiger partial charge in [-0.25, -0.2) is 9.78 Å². The van der Waals surface area contributed by atoms with Gasteiger partial charge < -0.3 is 15.5 Å². The first-order valence-electron chi connectivity index (χ1n) is 8.03. The standard InChI is InChI=1S/C16H25N3O2/c1-10-4-5-12(8-11(10)2)21-14(20)13-9-18-15(19-13)16(17)6-3-7-16/h9-12H,3-8,17H2,1-2H3,(H,18,19). The van der Waals surface area contributed by atoms with Crippen LogP contribution in [0.15, 0.2) is 6.20 Å². The molecule has 0 spiro atoms. The Hall–Kier alpha value is -1.36. The lowest BCUT2D eigenvalue weighted by atomic mass is 9.77. The highest BCUT2D eigenvalue weighted by molar-refractivity contribution is 5.87. The third kappa shape index (κ3) is 2.84. The normalized spacial score (nSPS) is 31.5. The first-order chi connectivity index (χ1) is 9.98. The van der Waals surface area contributed by atoms with Crippen molar-refractivity contribution in [3.63, 3.8) is 0 Å². The minimum absolute atomic E-state index is 0.0333. The predicted molar refractivity (Wildman–Crippen MR) is 79.7 cm³/mol. The lowest BCUT2D eigenvalue weighted by Crippen LogP contribution is -2.44. The van der Waals surface area contributed by atoms with Crippen molar-refractivity contribution in [1.82, 2.24) is 9.97 Å². The molecular formula is C16H25N3O2. The number of aromatic amines is 1. The maximum absolute atomic E-state index is 12.2. The van der Waals surface area contributed by atoms with E-state index in [1.807, 2.05) is 0 Å². The Labute approximate surface area is 125 Å². The summed E-state index contributed by atoms with van der Waals surface area (Å²) in [7, 11) is 0. The van der Waals surface area contributed by atoms with E-state index < -0.39 is 0 Å². The number of hydrogen-bond acceptors (Lipinski definition) is 4. The van der Waals surface area contributed by atoms with Crippen molar-refractivity contribution in [2.24, 2.45) is 17.6 Å². The van der Waals surface area contributed by atoms with E-state index in [4.69, 9.17) is 10.5 Å². The fraction of sp³-hybridized carbons (Fsp3) is 0.750. The molecule has 5 nitrogen and oxygen atoms in total. The van der Waals surface area contributed by atoms with Crippen molar-refractivity contribution in [2.45, 2.75) is 64.0 Å². The molecule has 21 heavy (non-hydrogen) atoms. The lowest BCUT2D eigenvalue weighted by Gasteiger charge is -2.35. The second-order valence-electron chi connectivity index (χ2n) is 6.95. The third-order valence-electron chi connectivity index (χ3n) is 5.34. The van der Waals surface area contributed by atoms with Crippen LogP contribution in [0.5, 0.6) is 0 Å². The van der Waals surface area contributed by atoms with E-state index in [1.165, 1.54) is 0 Å². The van der Waals surface area contributed by atoms with Gasteiger partial charge in [0.1, 0.15) is 17.6 Å². The summed E-state index contributed by atoms with van der Waals surface area (Å²) in [6.45, 7) is 4.50. The van der Waals surface area contributed by atoms with Crippen molar-refractivity contribution in [3.8, 4) is 0 Å². The maximum atomic E-state index is 12.2. The molecule has 0 amide bonds. The monoisotopic (exact) mass is 291 g/mol. The van der Waals surface area contributed by atoms with Gasteiger partial charge in [-0.05, 0) is 50.4 Å². The van der Waals surface area contributed by atoms with Gasteiger partial charge in [-0.1, -0.05) is 13.8 Å². The molecular weight excluding hydrogens is 266 g/mol. The molecule has 0 radical (unpaired) electrons. The van der Waals surface area contributed by atoms with Gasteiger partial charge in [0.15, 0.2) is 0 Å². The number of esters is 1. The molecule has 1 aromatic rings. The highest BCUT2D eigenvalue weighted by atomic mass is 16.5. The Morgan fingerprint density at radius 3 is 2.76 bits per heavy atom. The zero-order valence-electron chi connectivity index (χ0n) is 12.9. The van der Waals surface area contributed by atoms with E-state index in [9.17, 15) is 4.79 Å². The number of rotatable bonds is 3. The molecule has 3 rings (SSSR count). The average molecular weight is 291 g/mol. The van der Waals surface area contributed by atoms with Gasteiger partial charge in [0, 0.05) is 0 Å². The minimum Gasteiger partial charge on any atom is -0.458 e. The van der Waals surface area contributed by atoms with Crippen LogP contribution in [-0.4, -0.2) is 22.0 Å². The van der Waals surface area contributed by atoms with E-state index in [0.29, 0.717) is 17.4 Å². The fourth-order valence-corrected chi connectivity index (χ4v) is 3.29. The minimum atomic E-state index is -0.368. The number of H-pyrrole nitrogens is 1. The predicted octanol–water partition coefficient (Wildman–Crippen LogP) is 2.73. The maximum Gasteiger partial charge on any atom is 0.356 e. The van der Waals surface area contributed by atoms with Crippen molar-refractivity contribution in [2.75, 3.05) is 0 Å². The van der Waals surface area contributed by atoms with Crippen molar-refractivity contribution < 1.29 is 9.53 Å². The fourth-order valence-electron chi connectivity index (χ4n) is 3.29. The van der Waals surface area contributed by atoms with Crippen molar-refractivity contribution in [3.05, 3.63) is 17.7 Å². The van der Waals surface area contributed by atoms with Crippen LogP contribution < -0.4 is 5.73 Å². The second-order valence-corrected chi connectivity index (χ2v) is 6.95. The zero-order valence-corrected chi connectivity index (χ0v) is 12.9. The lowest BCUT2D eigenvalue weighted by molar-refractivity contribution is 0.00820. The molecule has 0 bridgehead atoms. The molecule has 3 atom stereocenters. The Kier molecular flexibility index (Phi) is 3.78. The topological polar surface area (TPSA) is 81.0 Å². The van der Waals surface area contributed by atoms with Crippen molar-refractivity contribution in [1.29, 1.82) is 0 Å². The summed E-state index contributed by atoms with van der Waals surface area (Å²) in [4.78, 5) is 19.5. The molecule has 116 valence electrons. The van der Waals surface area contributed by atoms with E-state index in [1.54, 1.807) is 6.20 Å². The Morgan fingerprint density at radius 1 is 1.38 bits per heavy atom. The first kappa shape index (κ1) is 14.6. The van der Waals surface area contributed by atoms with Crippen LogP contribution in [0.3, 0.4) is 0 Å². The summed E-state index contributed by atoms with van der Waals surface area (Å²) < 4.78 is 5.62. The van der Waals surface area contributed by atoms with E-state index in [2.05, 4.69) is 23.8 Å². The number of nitrogens with zero attached hydrogens (tertiary/aromatic N) is 1. The molecule has 2 aliphatic rings. The summed E-state index contributed by atoms with van der Waals surface area (Å²) >= 11 is 0. The van der Waals surface area contributed by atoms with E-state index >= 15 is 0 Å². The van der Waals surface area contributed by atoms with Crippen LogP contribution in [0.25, 0.3) is 0 Å². The highest BCUT2D eigenvalue weighted by Gasteiger charge is 2.37. The van der Waals surface area contributed by atoms with Crippen molar-refractivity contribution >= 4 is 5.97 Å². The zero-order chi connectivity index (χ0) is 15.0. The van der Waals surface area contributed by atoms with Gasteiger partial charge in [0.05, 0.1) is 11.7 Å². The molecule has 2 fully saturated rings. The van der Waals surface area contributed by atoms with Crippen LogP contribution in [0.2, 0.25) is 0 Å². The van der Waals surface area contributed by atoms with Crippen LogP contribution in [-0.2, 0) is 10.3 Å². The Balaban J connectivity index is 1.61. The number of carbonyl (C=O) groups excluding carboxylic acids is 1. The number of nitrogens with one attached hydrogen (secondary N) is 1.